The van der Waals surface area contributed by atoms with Gasteiger partial charge in [-0.15, -0.1) is 0 Å². The number of nitrogens with one attached hydrogen (secondary N) is 1. The number of nitrogens with zero attached hydrogens (tertiary/aromatic N) is 1. The number of likely N-dealkylation sites (N-methyl/N-ethyl adjacent to an activating group) is 1. The lowest BCUT2D eigenvalue weighted by molar-refractivity contribution is -0.113. The maximum absolute atomic E-state index is 12.8. The summed E-state index contributed by atoms with van der Waals surface area (Å²) in [6.45, 7) is 1.59. The van der Waals surface area contributed by atoms with E-state index in [1.165, 1.54) is 35.2 Å². The minimum Gasteiger partial charge on any atom is -0.312 e. The third kappa shape index (κ3) is 6.77. The fourth-order valence-corrected chi connectivity index (χ4v) is 6.08. The zero-order valence-corrected chi connectivity index (χ0v) is 21.2. The van der Waals surface area contributed by atoms with E-state index in [0.717, 1.165) is 38.5 Å². The van der Waals surface area contributed by atoms with E-state index in [4.69, 9.17) is 0 Å². The summed E-state index contributed by atoms with van der Waals surface area (Å²) in [5.74, 6) is -0.264. The minimum atomic E-state index is -3.61. The lowest BCUT2D eigenvalue weighted by atomic mass is 10.1. The van der Waals surface area contributed by atoms with Gasteiger partial charge in [-0.2, -0.15) is 0 Å². The van der Waals surface area contributed by atoms with Gasteiger partial charge in [0.25, 0.3) is 5.91 Å². The van der Waals surface area contributed by atoms with E-state index in [-0.39, 0.29) is 27.5 Å². The van der Waals surface area contributed by atoms with Crippen LogP contribution in [-0.2, 0) is 24.7 Å². The quantitative estimate of drug-likeness (QED) is 0.430. The van der Waals surface area contributed by atoms with Crippen LogP contribution in [-0.4, -0.2) is 41.6 Å². The van der Waals surface area contributed by atoms with Crippen LogP contribution in [0, 0.1) is 0 Å². The smallest absolute Gasteiger partial charge is 0.250 e. The van der Waals surface area contributed by atoms with E-state index in [2.05, 4.69) is 4.72 Å². The molecule has 0 atom stereocenters. The van der Waals surface area contributed by atoms with E-state index in [0.29, 0.717) is 11.3 Å². The van der Waals surface area contributed by atoms with Gasteiger partial charge in [-0.05, 0) is 60.9 Å². The molecule has 1 aliphatic carbocycles. The average Bonchev–Trinajstić information content (AvgIpc) is 3.10. The molecule has 1 amide bonds. The number of rotatable bonds is 8. The average molecular weight is 505 g/mol. The predicted octanol–water partition coefficient (Wildman–Crippen LogP) is 4.16. The predicted molar refractivity (Wildman–Crippen MR) is 135 cm³/mol. The number of hydrogen-bond acceptors (Lipinski definition) is 5. The van der Waals surface area contributed by atoms with Gasteiger partial charge in [0.05, 0.1) is 15.5 Å². The monoisotopic (exact) mass is 504 g/mol. The van der Waals surface area contributed by atoms with Gasteiger partial charge >= 0.3 is 0 Å². The summed E-state index contributed by atoms with van der Waals surface area (Å²) < 4.78 is 52.1. The molecule has 184 valence electrons. The molecule has 0 heterocycles. The van der Waals surface area contributed by atoms with E-state index in [1.807, 2.05) is 0 Å². The van der Waals surface area contributed by atoms with Crippen LogP contribution < -0.4 is 9.62 Å². The Balaban J connectivity index is 1.64. The number of carbonyl (C=O) groups is 1. The Hall–Kier alpha value is -2.49. The van der Waals surface area contributed by atoms with Crippen LogP contribution in [0.5, 0.6) is 0 Å². The van der Waals surface area contributed by atoms with Gasteiger partial charge in [0.1, 0.15) is 0 Å². The maximum atomic E-state index is 12.8. The van der Waals surface area contributed by atoms with Crippen molar-refractivity contribution < 1.29 is 21.6 Å². The van der Waals surface area contributed by atoms with E-state index < -0.39 is 19.9 Å². The van der Waals surface area contributed by atoms with Gasteiger partial charge in [-0.1, -0.05) is 44.7 Å². The molecule has 0 radical (unpaired) electrons. The van der Waals surface area contributed by atoms with Crippen molar-refractivity contribution in [1.29, 1.82) is 0 Å². The maximum Gasteiger partial charge on any atom is 0.250 e. The number of amides is 1. The first-order chi connectivity index (χ1) is 16.1. The first kappa shape index (κ1) is 26.1. The lowest BCUT2D eigenvalue weighted by Crippen LogP contribution is -2.34. The van der Waals surface area contributed by atoms with Gasteiger partial charge in [0.15, 0.2) is 9.84 Å². The molecule has 34 heavy (non-hydrogen) atoms. The van der Waals surface area contributed by atoms with Crippen molar-refractivity contribution in [1.82, 2.24) is 4.72 Å². The normalized spacial score (nSPS) is 15.8. The summed E-state index contributed by atoms with van der Waals surface area (Å²) in [7, 11) is -5.27. The lowest BCUT2D eigenvalue weighted by Gasteiger charge is -2.18. The molecule has 0 aliphatic heterocycles. The van der Waals surface area contributed by atoms with Crippen LogP contribution in [0.1, 0.15) is 51.0 Å². The van der Waals surface area contributed by atoms with E-state index >= 15 is 0 Å². The third-order valence-electron chi connectivity index (χ3n) is 6.08. The zero-order valence-electron chi connectivity index (χ0n) is 19.6. The number of sulfonamides is 1. The molecule has 1 saturated carbocycles. The molecule has 0 spiro atoms. The first-order valence-electron chi connectivity index (χ1n) is 11.5. The number of benzene rings is 2. The fraction of sp³-hybridized carbons (Fsp3) is 0.400. The zero-order chi connectivity index (χ0) is 24.8. The molecule has 2 aromatic carbocycles. The molecule has 9 heteroatoms. The Bertz CT molecular complexity index is 1210. The molecule has 7 nitrogen and oxygen atoms in total. The Morgan fingerprint density at radius 3 is 2.03 bits per heavy atom. The Morgan fingerprint density at radius 2 is 1.47 bits per heavy atom. The van der Waals surface area contributed by atoms with Crippen LogP contribution in [0.4, 0.5) is 5.69 Å². The van der Waals surface area contributed by atoms with Crippen molar-refractivity contribution in [2.75, 3.05) is 17.7 Å². The second-order valence-electron chi connectivity index (χ2n) is 8.51. The number of anilines is 1. The largest absolute Gasteiger partial charge is 0.312 e. The first-order valence-corrected chi connectivity index (χ1v) is 14.7. The summed E-state index contributed by atoms with van der Waals surface area (Å²) in [5.41, 5.74) is 1.26. The second-order valence-corrected chi connectivity index (χ2v) is 12.5. The topological polar surface area (TPSA) is 101 Å². The van der Waals surface area contributed by atoms with Crippen LogP contribution in [0.25, 0.3) is 6.08 Å². The molecule has 1 aliphatic rings. The second kappa shape index (κ2) is 11.3. The van der Waals surface area contributed by atoms with Crippen molar-refractivity contribution in [3.8, 4) is 0 Å². The number of sulfone groups is 1. The van der Waals surface area contributed by atoms with Crippen molar-refractivity contribution in [2.24, 2.45) is 0 Å². The highest BCUT2D eigenvalue weighted by Crippen LogP contribution is 2.22. The summed E-state index contributed by atoms with van der Waals surface area (Å²) in [5, 5.41) is 0. The van der Waals surface area contributed by atoms with E-state index in [1.54, 1.807) is 44.3 Å². The molecule has 0 unspecified atom stereocenters. The van der Waals surface area contributed by atoms with Crippen molar-refractivity contribution in [2.45, 2.75) is 61.3 Å². The highest BCUT2D eigenvalue weighted by molar-refractivity contribution is 7.91. The molecule has 0 bridgehead atoms. The van der Waals surface area contributed by atoms with Gasteiger partial charge in [-0.25, -0.2) is 21.6 Å². The number of hydrogen-bond donors (Lipinski definition) is 1. The molecule has 0 saturated heterocycles. The van der Waals surface area contributed by atoms with Crippen LogP contribution in [0.2, 0.25) is 0 Å². The summed E-state index contributed by atoms with van der Waals surface area (Å²) in [6.07, 6.45) is 9.08. The molecular formula is C25H32N2O5S2. The summed E-state index contributed by atoms with van der Waals surface area (Å²) >= 11 is 0. The van der Waals surface area contributed by atoms with Crippen LogP contribution in [0.3, 0.4) is 0 Å². The van der Waals surface area contributed by atoms with Gasteiger partial charge in [-0.3, -0.25) is 4.79 Å². The van der Waals surface area contributed by atoms with Gasteiger partial charge in [0.2, 0.25) is 10.0 Å². The fourth-order valence-electron chi connectivity index (χ4n) is 3.89. The number of carbonyl (C=O) groups excluding carboxylic acids is 1. The molecule has 2 aromatic rings. The summed E-state index contributed by atoms with van der Waals surface area (Å²) in [4.78, 5) is 14.4. The van der Waals surface area contributed by atoms with Crippen molar-refractivity contribution in [3.05, 3.63) is 60.2 Å². The Morgan fingerprint density at radius 1 is 0.912 bits per heavy atom. The highest BCUT2D eigenvalue weighted by Gasteiger charge is 2.21. The molecule has 3 rings (SSSR count). The summed E-state index contributed by atoms with van der Waals surface area (Å²) in [6, 6.07) is 12.5. The van der Waals surface area contributed by atoms with Crippen molar-refractivity contribution >= 4 is 37.5 Å². The standard InChI is InChI=1S/C25H32N2O5S2/c1-3-33(29,30)23-15-10-20(11-16-23)12-19-25(28)27(2)22-13-17-24(18-14-22)34(31,32)26-21-8-6-4-5-7-9-21/h10-19,21,26H,3-9H2,1-2H3/b19-12+. The molecule has 1 N–H and O–H groups in total. The van der Waals surface area contributed by atoms with Gasteiger partial charge < -0.3 is 4.90 Å². The SMILES string of the molecule is CCS(=O)(=O)c1ccc(/C=C/C(=O)N(C)c2ccc(S(=O)(=O)NC3CCCCCC3)cc2)cc1. The molecule has 0 aromatic heterocycles. The highest BCUT2D eigenvalue weighted by atomic mass is 32.2. The van der Waals surface area contributed by atoms with E-state index in [9.17, 15) is 21.6 Å². The third-order valence-corrected chi connectivity index (χ3v) is 9.37. The van der Waals surface area contributed by atoms with Crippen LogP contribution >= 0.6 is 0 Å². The minimum absolute atomic E-state index is 0.0299. The van der Waals surface area contributed by atoms with Gasteiger partial charge in [0, 0.05) is 24.9 Å². The van der Waals surface area contributed by atoms with Crippen LogP contribution in [0.15, 0.2) is 64.4 Å². The molecule has 1 fully saturated rings. The molecular weight excluding hydrogens is 472 g/mol. The van der Waals surface area contributed by atoms with Crippen molar-refractivity contribution in [3.63, 3.8) is 0 Å². The Labute approximate surface area is 202 Å². The Kier molecular flexibility index (Phi) is 8.67.